The minimum atomic E-state index is -3.26. The summed E-state index contributed by atoms with van der Waals surface area (Å²) in [6.45, 7) is -1.22. The van der Waals surface area contributed by atoms with Gasteiger partial charge in [-0.25, -0.2) is 22.7 Å². The summed E-state index contributed by atoms with van der Waals surface area (Å²) < 4.78 is 46.8. The number of halogens is 3. The monoisotopic (exact) mass is 318 g/mol. The van der Waals surface area contributed by atoms with Crippen molar-refractivity contribution in [3.05, 3.63) is 24.2 Å². The Kier molecular flexibility index (Phi) is 3.46. The zero-order valence-corrected chi connectivity index (χ0v) is 11.1. The summed E-state index contributed by atoms with van der Waals surface area (Å²) in [5, 5.41) is 22.8. The van der Waals surface area contributed by atoms with Gasteiger partial charge in [0.05, 0.1) is 12.3 Å². The second kappa shape index (κ2) is 5.07. The molecule has 0 spiro atoms. The molecule has 3 heterocycles. The maximum absolute atomic E-state index is 14.3. The van der Waals surface area contributed by atoms with E-state index in [0.717, 1.165) is 6.33 Å². The molecule has 0 amide bonds. The molecule has 0 aliphatic carbocycles. The van der Waals surface area contributed by atoms with Crippen molar-refractivity contribution in [2.75, 3.05) is 12.3 Å². The van der Waals surface area contributed by atoms with Crippen LogP contribution in [-0.2, 0) is 4.74 Å². The average molecular weight is 318 g/mol. The quantitative estimate of drug-likeness (QED) is 0.740. The Morgan fingerprint density at radius 1 is 1.45 bits per heavy atom. The van der Waals surface area contributed by atoms with E-state index in [2.05, 4.69) is 10.1 Å². The van der Waals surface area contributed by atoms with Gasteiger partial charge >= 0.3 is 0 Å². The molecule has 0 saturated carbocycles. The largest absolute Gasteiger partial charge is 0.393 e. The normalized spacial score (nSPS) is 32.2. The van der Waals surface area contributed by atoms with Crippen LogP contribution < -0.4 is 5.73 Å². The van der Waals surface area contributed by atoms with Crippen LogP contribution >= 0.6 is 0 Å². The molecule has 3 rings (SSSR count). The van der Waals surface area contributed by atoms with Gasteiger partial charge in [-0.1, -0.05) is 0 Å². The van der Waals surface area contributed by atoms with Crippen LogP contribution in [0.3, 0.4) is 0 Å². The number of aliphatic hydroxyl groups is 2. The highest BCUT2D eigenvalue weighted by atomic mass is 19.3. The number of anilines is 1. The lowest BCUT2D eigenvalue weighted by atomic mass is 9.96. The van der Waals surface area contributed by atoms with Gasteiger partial charge in [-0.15, -0.1) is 0 Å². The zero-order valence-electron chi connectivity index (χ0n) is 11.1. The first-order chi connectivity index (χ1) is 10.4. The number of alkyl halides is 3. The van der Waals surface area contributed by atoms with Crippen LogP contribution in [0.5, 0.6) is 0 Å². The Bertz CT molecular complexity index is 697. The molecule has 22 heavy (non-hydrogen) atoms. The maximum atomic E-state index is 14.3. The van der Waals surface area contributed by atoms with Crippen LogP contribution in [0.2, 0.25) is 0 Å². The number of fused-ring (bicyclic) bond motifs is 1. The molecule has 1 fully saturated rings. The molecule has 0 bridgehead atoms. The number of ether oxygens (including phenoxy) is 1. The van der Waals surface area contributed by atoms with Crippen LogP contribution in [-0.4, -0.2) is 55.7 Å². The van der Waals surface area contributed by atoms with E-state index in [4.69, 9.17) is 15.6 Å². The molecule has 10 heteroatoms. The number of nitrogens with zero attached hydrogens (tertiary/aromatic N) is 3. The van der Waals surface area contributed by atoms with Crippen LogP contribution in [0.25, 0.3) is 5.52 Å². The van der Waals surface area contributed by atoms with Crippen LogP contribution in [0.15, 0.2) is 18.5 Å². The highest BCUT2D eigenvalue weighted by Gasteiger charge is 2.61. The molecule has 2 aromatic heterocycles. The van der Waals surface area contributed by atoms with Crippen molar-refractivity contribution in [3.63, 3.8) is 0 Å². The summed E-state index contributed by atoms with van der Waals surface area (Å²) in [5.41, 5.74) is 3.41. The Morgan fingerprint density at radius 3 is 2.77 bits per heavy atom. The molecule has 7 nitrogen and oxygen atoms in total. The van der Waals surface area contributed by atoms with Gasteiger partial charge in [0.1, 0.15) is 24.1 Å². The standard InChI is InChI=1S/C12H13F3N4O3/c13-7-8(22-12(3-20,9(7)21)11(14)15)5-1-2-6-10(16)17-4-18-19(5)6/h1-2,4,7-9,11,20-21H,3H2,(H2,16,17,18)/t7-,8+,9+,12-/m1/s1. The fourth-order valence-corrected chi connectivity index (χ4v) is 2.60. The fraction of sp³-hybridized carbons (Fsp3) is 0.500. The van der Waals surface area contributed by atoms with E-state index in [1.54, 1.807) is 0 Å². The van der Waals surface area contributed by atoms with Gasteiger partial charge in [0.25, 0.3) is 6.43 Å². The zero-order chi connectivity index (χ0) is 16.1. The second-order valence-corrected chi connectivity index (χ2v) is 5.04. The van der Waals surface area contributed by atoms with Crippen molar-refractivity contribution in [2.45, 2.75) is 30.4 Å². The van der Waals surface area contributed by atoms with Crippen molar-refractivity contribution < 1.29 is 28.1 Å². The smallest absolute Gasteiger partial charge is 0.272 e. The number of nitrogens with two attached hydrogens (primary N) is 1. The first kappa shape index (κ1) is 15.0. The minimum absolute atomic E-state index is 0.0895. The summed E-state index contributed by atoms with van der Waals surface area (Å²) in [6, 6.07) is 2.87. The Labute approximate surface area is 122 Å². The van der Waals surface area contributed by atoms with Crippen molar-refractivity contribution in [2.24, 2.45) is 0 Å². The number of hydrogen-bond acceptors (Lipinski definition) is 6. The third kappa shape index (κ3) is 1.87. The van der Waals surface area contributed by atoms with E-state index < -0.39 is 37.0 Å². The Morgan fingerprint density at radius 2 is 2.18 bits per heavy atom. The van der Waals surface area contributed by atoms with E-state index in [1.165, 1.54) is 16.6 Å². The van der Waals surface area contributed by atoms with Crippen LogP contribution in [0.1, 0.15) is 11.8 Å². The Balaban J connectivity index is 2.06. The first-order valence-corrected chi connectivity index (χ1v) is 6.39. The van der Waals surface area contributed by atoms with Crippen molar-refractivity contribution in [1.29, 1.82) is 0 Å². The third-order valence-corrected chi connectivity index (χ3v) is 3.86. The lowest BCUT2D eigenvalue weighted by Gasteiger charge is -2.28. The number of aliphatic hydroxyl groups excluding tert-OH is 2. The van der Waals surface area contributed by atoms with Gasteiger partial charge in [0.2, 0.25) is 0 Å². The van der Waals surface area contributed by atoms with Crippen LogP contribution in [0, 0.1) is 0 Å². The SMILES string of the molecule is Nc1ncnn2c([C@@H]3O[C@@](CO)(C(F)F)[C@@H](O)[C@@H]3F)ccc12. The molecule has 4 atom stereocenters. The summed E-state index contributed by atoms with van der Waals surface area (Å²) in [4.78, 5) is 3.76. The molecule has 4 N–H and O–H groups in total. The van der Waals surface area contributed by atoms with Crippen LogP contribution in [0.4, 0.5) is 19.0 Å². The van der Waals surface area contributed by atoms with E-state index in [9.17, 15) is 18.3 Å². The number of nitrogen functional groups attached to an aromatic ring is 1. The first-order valence-electron chi connectivity index (χ1n) is 6.39. The molecule has 0 aromatic carbocycles. The highest BCUT2D eigenvalue weighted by Crippen LogP contribution is 2.44. The maximum Gasteiger partial charge on any atom is 0.272 e. The van der Waals surface area contributed by atoms with Crippen molar-refractivity contribution in [1.82, 2.24) is 14.6 Å². The van der Waals surface area contributed by atoms with Gasteiger partial charge in [0, 0.05) is 0 Å². The summed E-state index contributed by atoms with van der Waals surface area (Å²) in [7, 11) is 0. The average Bonchev–Trinajstić information content (AvgIpc) is 3.02. The van der Waals surface area contributed by atoms with Crippen molar-refractivity contribution in [3.8, 4) is 0 Å². The molecule has 120 valence electrons. The molecule has 1 saturated heterocycles. The van der Waals surface area contributed by atoms with E-state index in [0.29, 0.717) is 5.52 Å². The molecule has 1 aliphatic heterocycles. The Hall–Kier alpha value is -1.91. The fourth-order valence-electron chi connectivity index (χ4n) is 2.60. The minimum Gasteiger partial charge on any atom is -0.393 e. The molecule has 0 radical (unpaired) electrons. The second-order valence-electron chi connectivity index (χ2n) is 5.04. The molecule has 2 aromatic rings. The van der Waals surface area contributed by atoms with E-state index in [1.807, 2.05) is 0 Å². The lowest BCUT2D eigenvalue weighted by molar-refractivity contribution is -0.186. The van der Waals surface area contributed by atoms with Crippen molar-refractivity contribution >= 4 is 11.3 Å². The lowest BCUT2D eigenvalue weighted by Crippen LogP contribution is -2.51. The number of hydrogen-bond donors (Lipinski definition) is 3. The topological polar surface area (TPSA) is 106 Å². The molecule has 0 unspecified atom stereocenters. The van der Waals surface area contributed by atoms with Gasteiger partial charge < -0.3 is 20.7 Å². The summed E-state index contributed by atoms with van der Waals surface area (Å²) in [5.74, 6) is 0.123. The summed E-state index contributed by atoms with van der Waals surface area (Å²) in [6.07, 6.45) is -7.99. The summed E-state index contributed by atoms with van der Waals surface area (Å²) >= 11 is 0. The van der Waals surface area contributed by atoms with Gasteiger partial charge in [0.15, 0.2) is 17.6 Å². The molecule has 1 aliphatic rings. The predicted molar refractivity (Wildman–Crippen MR) is 67.9 cm³/mol. The molecular weight excluding hydrogens is 305 g/mol. The van der Waals surface area contributed by atoms with E-state index >= 15 is 0 Å². The highest BCUT2D eigenvalue weighted by molar-refractivity contribution is 5.65. The van der Waals surface area contributed by atoms with Gasteiger partial charge in [-0.3, -0.25) is 0 Å². The number of rotatable bonds is 3. The molecular formula is C12H13F3N4O3. The number of aromatic nitrogens is 3. The van der Waals surface area contributed by atoms with Gasteiger partial charge in [-0.05, 0) is 12.1 Å². The third-order valence-electron chi connectivity index (χ3n) is 3.86. The van der Waals surface area contributed by atoms with E-state index in [-0.39, 0.29) is 11.5 Å². The predicted octanol–water partition coefficient (Wildman–Crippen LogP) is 0.0780. The van der Waals surface area contributed by atoms with Gasteiger partial charge in [-0.2, -0.15) is 5.10 Å².